The number of esters is 1. The molecule has 0 unspecified atom stereocenters. The second kappa shape index (κ2) is 3.30. The summed E-state index contributed by atoms with van der Waals surface area (Å²) >= 11 is 0. The predicted molar refractivity (Wildman–Crippen MR) is 45.7 cm³/mol. The molecule has 2 heteroatoms. The van der Waals surface area contributed by atoms with E-state index in [2.05, 4.69) is 0 Å². The van der Waals surface area contributed by atoms with Crippen LogP contribution < -0.4 is 0 Å². The molecule has 12 heavy (non-hydrogen) atoms. The minimum atomic E-state index is -0.0492. The largest absolute Gasteiger partial charge is 0.462 e. The number of rotatable bonds is 0. The summed E-state index contributed by atoms with van der Waals surface area (Å²) in [5.41, 5.74) is 2.37. The van der Waals surface area contributed by atoms with E-state index in [1.807, 2.05) is 0 Å². The van der Waals surface area contributed by atoms with Crippen LogP contribution >= 0.6 is 0 Å². The molecule has 0 radical (unpaired) electrons. The van der Waals surface area contributed by atoms with Gasteiger partial charge in [-0.3, -0.25) is 0 Å². The Bertz CT molecular complexity index is 220. The average molecular weight is 166 g/mol. The summed E-state index contributed by atoms with van der Waals surface area (Å²) in [7, 11) is 0. The molecular weight excluding hydrogens is 152 g/mol. The van der Waals surface area contributed by atoms with E-state index in [1.165, 1.54) is 24.8 Å². The standard InChI is InChI=1S/C10H14O2/c11-10-9(6-7-12-10)8-4-2-1-3-5-8/h1-7H2. The number of hydrogen-bond acceptors (Lipinski definition) is 2. The van der Waals surface area contributed by atoms with Crippen LogP contribution in [0.5, 0.6) is 0 Å². The molecule has 2 rings (SSSR count). The molecule has 1 aliphatic carbocycles. The van der Waals surface area contributed by atoms with Crippen LogP contribution in [0.15, 0.2) is 11.1 Å². The number of ether oxygens (including phenoxy) is 1. The Morgan fingerprint density at radius 3 is 2.33 bits per heavy atom. The van der Waals surface area contributed by atoms with E-state index in [9.17, 15) is 4.79 Å². The summed E-state index contributed by atoms with van der Waals surface area (Å²) in [6, 6.07) is 0. The van der Waals surface area contributed by atoms with E-state index in [4.69, 9.17) is 4.74 Å². The molecular formula is C10H14O2. The summed E-state index contributed by atoms with van der Waals surface area (Å²) in [6.45, 7) is 0.609. The second-order valence-electron chi connectivity index (χ2n) is 3.53. The summed E-state index contributed by atoms with van der Waals surface area (Å²) in [5, 5.41) is 0. The monoisotopic (exact) mass is 166 g/mol. The zero-order chi connectivity index (χ0) is 8.39. The second-order valence-corrected chi connectivity index (χ2v) is 3.53. The van der Waals surface area contributed by atoms with Crippen molar-refractivity contribution in [2.45, 2.75) is 38.5 Å². The number of allylic oxidation sites excluding steroid dienone is 1. The zero-order valence-corrected chi connectivity index (χ0v) is 7.27. The summed E-state index contributed by atoms with van der Waals surface area (Å²) in [6.07, 6.45) is 6.95. The van der Waals surface area contributed by atoms with Crippen LogP contribution in [-0.4, -0.2) is 12.6 Å². The van der Waals surface area contributed by atoms with Crippen molar-refractivity contribution in [2.75, 3.05) is 6.61 Å². The highest BCUT2D eigenvalue weighted by molar-refractivity contribution is 5.91. The molecule has 0 aromatic heterocycles. The predicted octanol–water partition coefficient (Wildman–Crippen LogP) is 2.19. The Hall–Kier alpha value is -0.790. The third kappa shape index (κ3) is 1.38. The highest BCUT2D eigenvalue weighted by Crippen LogP contribution is 2.29. The van der Waals surface area contributed by atoms with Gasteiger partial charge in [-0.1, -0.05) is 12.0 Å². The van der Waals surface area contributed by atoms with Crippen molar-refractivity contribution in [1.82, 2.24) is 0 Å². The van der Waals surface area contributed by atoms with Gasteiger partial charge in [0.15, 0.2) is 0 Å². The van der Waals surface area contributed by atoms with Crippen molar-refractivity contribution in [3.8, 4) is 0 Å². The summed E-state index contributed by atoms with van der Waals surface area (Å²) in [4.78, 5) is 11.2. The number of carbonyl (C=O) groups excluding carboxylic acids is 1. The molecule has 0 aromatic carbocycles. The normalized spacial score (nSPS) is 24.5. The van der Waals surface area contributed by atoms with Crippen molar-refractivity contribution < 1.29 is 9.53 Å². The maximum absolute atomic E-state index is 11.2. The fourth-order valence-corrected chi connectivity index (χ4v) is 2.04. The molecule has 1 saturated heterocycles. The third-order valence-corrected chi connectivity index (χ3v) is 2.72. The SMILES string of the molecule is O=C1OCCC1=C1CCCCC1. The van der Waals surface area contributed by atoms with Crippen LogP contribution in [0.2, 0.25) is 0 Å². The molecule has 1 aliphatic heterocycles. The van der Waals surface area contributed by atoms with Crippen LogP contribution in [0.25, 0.3) is 0 Å². The Morgan fingerprint density at radius 2 is 1.75 bits per heavy atom. The molecule has 2 aliphatic rings. The third-order valence-electron chi connectivity index (χ3n) is 2.72. The van der Waals surface area contributed by atoms with Gasteiger partial charge in [0.05, 0.1) is 6.61 Å². The van der Waals surface area contributed by atoms with Gasteiger partial charge in [0.25, 0.3) is 0 Å². The van der Waals surface area contributed by atoms with Crippen molar-refractivity contribution in [3.63, 3.8) is 0 Å². The van der Waals surface area contributed by atoms with E-state index in [-0.39, 0.29) is 5.97 Å². The molecule has 1 saturated carbocycles. The molecule has 0 bridgehead atoms. The van der Waals surface area contributed by atoms with Gasteiger partial charge in [-0.25, -0.2) is 4.79 Å². The van der Waals surface area contributed by atoms with Gasteiger partial charge in [-0.2, -0.15) is 0 Å². The van der Waals surface area contributed by atoms with E-state index in [0.29, 0.717) is 6.61 Å². The van der Waals surface area contributed by atoms with E-state index in [1.54, 1.807) is 0 Å². The fourth-order valence-electron chi connectivity index (χ4n) is 2.04. The summed E-state index contributed by atoms with van der Waals surface area (Å²) < 4.78 is 4.92. The molecule has 2 nitrogen and oxygen atoms in total. The quantitative estimate of drug-likeness (QED) is 0.407. The first-order valence-corrected chi connectivity index (χ1v) is 4.76. The first-order chi connectivity index (χ1) is 5.88. The maximum atomic E-state index is 11.2. The Labute approximate surface area is 72.6 Å². The Balaban J connectivity index is 2.16. The summed E-state index contributed by atoms with van der Waals surface area (Å²) in [5.74, 6) is -0.0492. The lowest BCUT2D eigenvalue weighted by molar-refractivity contribution is -0.135. The van der Waals surface area contributed by atoms with Gasteiger partial charge < -0.3 is 4.74 Å². The van der Waals surface area contributed by atoms with Crippen LogP contribution in [0.4, 0.5) is 0 Å². The minimum Gasteiger partial charge on any atom is -0.462 e. The molecule has 0 atom stereocenters. The first-order valence-electron chi connectivity index (χ1n) is 4.76. The lowest BCUT2D eigenvalue weighted by Crippen LogP contribution is -2.03. The molecule has 1 heterocycles. The molecule has 0 aromatic rings. The lowest BCUT2D eigenvalue weighted by atomic mass is 9.90. The number of carbonyl (C=O) groups is 1. The van der Waals surface area contributed by atoms with Gasteiger partial charge >= 0.3 is 5.97 Å². The first kappa shape index (κ1) is 7.84. The lowest BCUT2D eigenvalue weighted by Gasteiger charge is -2.14. The molecule has 66 valence electrons. The number of hydrogen-bond donors (Lipinski definition) is 0. The van der Waals surface area contributed by atoms with Crippen LogP contribution in [0, 0.1) is 0 Å². The Kier molecular flexibility index (Phi) is 2.15. The van der Waals surface area contributed by atoms with Crippen LogP contribution in [0.1, 0.15) is 38.5 Å². The zero-order valence-electron chi connectivity index (χ0n) is 7.27. The Morgan fingerprint density at radius 1 is 1.00 bits per heavy atom. The molecule has 2 fully saturated rings. The van der Waals surface area contributed by atoms with Crippen molar-refractivity contribution in [1.29, 1.82) is 0 Å². The van der Waals surface area contributed by atoms with Crippen molar-refractivity contribution in [3.05, 3.63) is 11.1 Å². The van der Waals surface area contributed by atoms with Gasteiger partial charge in [-0.15, -0.1) is 0 Å². The van der Waals surface area contributed by atoms with E-state index in [0.717, 1.165) is 24.8 Å². The number of cyclic esters (lactones) is 1. The highest BCUT2D eigenvalue weighted by atomic mass is 16.5. The van der Waals surface area contributed by atoms with Gasteiger partial charge in [0, 0.05) is 12.0 Å². The topological polar surface area (TPSA) is 26.3 Å². The molecule has 0 spiro atoms. The van der Waals surface area contributed by atoms with Gasteiger partial charge in [0.1, 0.15) is 0 Å². The van der Waals surface area contributed by atoms with Crippen molar-refractivity contribution in [2.24, 2.45) is 0 Å². The van der Waals surface area contributed by atoms with E-state index < -0.39 is 0 Å². The van der Waals surface area contributed by atoms with E-state index >= 15 is 0 Å². The smallest absolute Gasteiger partial charge is 0.334 e. The van der Waals surface area contributed by atoms with Crippen molar-refractivity contribution >= 4 is 5.97 Å². The minimum absolute atomic E-state index is 0.0492. The highest BCUT2D eigenvalue weighted by Gasteiger charge is 2.23. The van der Waals surface area contributed by atoms with Gasteiger partial charge in [-0.05, 0) is 25.7 Å². The fraction of sp³-hybridized carbons (Fsp3) is 0.700. The average Bonchev–Trinajstić information content (AvgIpc) is 2.53. The van der Waals surface area contributed by atoms with Gasteiger partial charge in [0.2, 0.25) is 0 Å². The molecule has 0 amide bonds. The van der Waals surface area contributed by atoms with Crippen LogP contribution in [0.3, 0.4) is 0 Å². The van der Waals surface area contributed by atoms with Crippen LogP contribution in [-0.2, 0) is 9.53 Å². The molecule has 0 N–H and O–H groups in total. The maximum Gasteiger partial charge on any atom is 0.334 e.